The normalized spacial score (nSPS) is 14.2. The Morgan fingerprint density at radius 2 is 0.795 bits per heavy atom. The molecule has 9 heteroatoms. The Morgan fingerprint density at radius 1 is 0.438 bits per heavy atom. The van der Waals surface area contributed by atoms with Gasteiger partial charge < -0.3 is 18.9 Å². The zero-order valence-corrected chi connectivity index (χ0v) is 48.7. The molecule has 0 heterocycles. The molecule has 0 radical (unpaired) electrons. The number of unbranched alkanes of at least 4 members (excludes halogenated alkanes) is 22. The molecule has 0 saturated heterocycles. The van der Waals surface area contributed by atoms with Gasteiger partial charge in [0.1, 0.15) is 19.3 Å². The lowest BCUT2D eigenvalue weighted by atomic mass is 10.0. The fourth-order valence-corrected chi connectivity index (χ4v) is 8.54. The second kappa shape index (κ2) is 55.4. The van der Waals surface area contributed by atoms with Gasteiger partial charge in [-0.25, -0.2) is 4.57 Å². The lowest BCUT2D eigenvalue weighted by Gasteiger charge is -2.24. The standard InChI is InChI=1S/C64H112NO7P/c1-6-8-10-12-14-16-18-20-22-24-26-28-30-32-34-36-38-40-42-44-46-48-50-52-54-56-59-69-61-63(62-71-73(67,68)70-60-58-65(3,4)5)72-64(66)57-55-53-51-49-47-45-43-41-39-37-35-33-31-29-27-25-23-21-19-17-15-13-11-9-7-2/h9,11,15,17-18,20-21,23-24,26-27,29,33,35,39,41,45,47,63H,6-8,10,12-14,16,19,22,25,28,30-32,34,36-38,40,42-44,46,48-62H2,1-5H3/p+1/b11-9-,17-15-,20-18-,23-21-,26-24-,29-27-,35-33-,41-39-,47-45-. The van der Waals surface area contributed by atoms with Crippen LogP contribution in [0, 0.1) is 0 Å². The van der Waals surface area contributed by atoms with Gasteiger partial charge in [0.15, 0.2) is 0 Å². The molecule has 0 spiro atoms. The summed E-state index contributed by atoms with van der Waals surface area (Å²) in [4.78, 5) is 23.1. The number of carbonyl (C=O) groups is 1. The van der Waals surface area contributed by atoms with Crippen LogP contribution in [0.15, 0.2) is 109 Å². The lowest BCUT2D eigenvalue weighted by molar-refractivity contribution is -0.870. The minimum absolute atomic E-state index is 0.0761. The summed E-state index contributed by atoms with van der Waals surface area (Å²) >= 11 is 0. The first-order chi connectivity index (χ1) is 35.6. The van der Waals surface area contributed by atoms with Gasteiger partial charge in [-0.1, -0.05) is 232 Å². The van der Waals surface area contributed by atoms with Crippen LogP contribution in [0.1, 0.15) is 232 Å². The molecular weight excluding hydrogens is 926 g/mol. The van der Waals surface area contributed by atoms with Crippen molar-refractivity contribution in [3.8, 4) is 0 Å². The van der Waals surface area contributed by atoms with Crippen LogP contribution in [-0.2, 0) is 27.9 Å². The Labute approximate surface area is 450 Å². The van der Waals surface area contributed by atoms with Crippen LogP contribution in [0.4, 0.5) is 0 Å². The number of allylic oxidation sites excluding steroid dienone is 18. The van der Waals surface area contributed by atoms with Gasteiger partial charge in [0.05, 0.1) is 34.4 Å². The van der Waals surface area contributed by atoms with Gasteiger partial charge in [-0.05, 0) is 103 Å². The zero-order chi connectivity index (χ0) is 53.3. The summed E-state index contributed by atoms with van der Waals surface area (Å²) in [7, 11) is 1.63. The fourth-order valence-electron chi connectivity index (χ4n) is 7.80. The number of phosphoric acid groups is 1. The number of hydrogen-bond donors (Lipinski definition) is 1. The number of phosphoric ester groups is 1. The van der Waals surface area contributed by atoms with Gasteiger partial charge in [0.2, 0.25) is 0 Å². The van der Waals surface area contributed by atoms with E-state index in [-0.39, 0.29) is 32.2 Å². The zero-order valence-electron chi connectivity index (χ0n) is 47.8. The number of hydrogen-bond acceptors (Lipinski definition) is 6. The monoisotopic (exact) mass is 1040 g/mol. The number of ether oxygens (including phenoxy) is 2. The van der Waals surface area contributed by atoms with Crippen molar-refractivity contribution in [1.29, 1.82) is 0 Å². The van der Waals surface area contributed by atoms with E-state index < -0.39 is 13.9 Å². The number of likely N-dealkylation sites (N-methyl/N-ethyl adjacent to an activating group) is 1. The van der Waals surface area contributed by atoms with Crippen molar-refractivity contribution in [3.05, 3.63) is 109 Å². The van der Waals surface area contributed by atoms with Crippen molar-refractivity contribution in [2.75, 3.05) is 54.1 Å². The van der Waals surface area contributed by atoms with E-state index in [0.29, 0.717) is 17.6 Å². The second-order valence-electron chi connectivity index (χ2n) is 20.6. The molecule has 0 aromatic heterocycles. The molecule has 0 fully saturated rings. The minimum Gasteiger partial charge on any atom is -0.457 e. The quantitative estimate of drug-likeness (QED) is 0.0213. The first-order valence-electron chi connectivity index (χ1n) is 29.6. The van der Waals surface area contributed by atoms with Crippen LogP contribution in [-0.4, -0.2) is 75.6 Å². The van der Waals surface area contributed by atoms with E-state index in [1.807, 2.05) is 21.1 Å². The highest BCUT2D eigenvalue weighted by atomic mass is 31.2. The van der Waals surface area contributed by atoms with E-state index in [0.717, 1.165) is 89.9 Å². The molecule has 0 aliphatic carbocycles. The Hall–Kier alpha value is -2.84. The van der Waals surface area contributed by atoms with E-state index in [1.165, 1.54) is 122 Å². The average molecular weight is 1040 g/mol. The number of rotatable bonds is 54. The third-order valence-corrected chi connectivity index (χ3v) is 13.3. The molecule has 73 heavy (non-hydrogen) atoms. The Morgan fingerprint density at radius 3 is 1.19 bits per heavy atom. The van der Waals surface area contributed by atoms with E-state index in [1.54, 1.807) is 0 Å². The fraction of sp³-hybridized carbons (Fsp3) is 0.703. The third-order valence-electron chi connectivity index (χ3n) is 12.3. The van der Waals surface area contributed by atoms with Crippen LogP contribution < -0.4 is 0 Å². The first kappa shape index (κ1) is 70.2. The summed E-state index contributed by atoms with van der Waals surface area (Å²) in [6.45, 7) is 5.45. The number of carbonyl (C=O) groups excluding carboxylic acids is 1. The summed E-state index contributed by atoms with van der Waals surface area (Å²) in [5.74, 6) is -0.347. The number of nitrogens with zero attached hydrogens (tertiary/aromatic N) is 1. The first-order valence-corrected chi connectivity index (χ1v) is 31.1. The lowest BCUT2D eigenvalue weighted by Crippen LogP contribution is -2.37. The van der Waals surface area contributed by atoms with E-state index >= 15 is 0 Å². The summed E-state index contributed by atoms with van der Waals surface area (Å²) in [5, 5.41) is 0. The highest BCUT2D eigenvalue weighted by molar-refractivity contribution is 7.47. The van der Waals surface area contributed by atoms with Crippen molar-refractivity contribution in [1.82, 2.24) is 0 Å². The van der Waals surface area contributed by atoms with Crippen molar-refractivity contribution in [2.45, 2.75) is 238 Å². The molecule has 0 aliphatic rings. The van der Waals surface area contributed by atoms with Crippen molar-refractivity contribution in [2.24, 2.45) is 0 Å². The van der Waals surface area contributed by atoms with E-state index in [4.69, 9.17) is 18.5 Å². The van der Waals surface area contributed by atoms with Crippen LogP contribution in [0.5, 0.6) is 0 Å². The van der Waals surface area contributed by atoms with Crippen LogP contribution in [0.25, 0.3) is 0 Å². The molecule has 1 N–H and O–H groups in total. The van der Waals surface area contributed by atoms with Gasteiger partial charge in [0, 0.05) is 13.0 Å². The average Bonchev–Trinajstić information content (AvgIpc) is 3.35. The van der Waals surface area contributed by atoms with Gasteiger partial charge in [-0.15, -0.1) is 0 Å². The second-order valence-corrected chi connectivity index (χ2v) is 22.1. The molecule has 2 unspecified atom stereocenters. The smallest absolute Gasteiger partial charge is 0.457 e. The molecule has 0 bridgehead atoms. The van der Waals surface area contributed by atoms with Gasteiger partial charge in [0.25, 0.3) is 0 Å². The molecule has 0 rings (SSSR count). The maximum atomic E-state index is 12.8. The summed E-state index contributed by atoms with van der Waals surface area (Å²) in [6.07, 6.45) is 78.7. The van der Waals surface area contributed by atoms with Crippen LogP contribution >= 0.6 is 7.82 Å². The third kappa shape index (κ3) is 59.9. The van der Waals surface area contributed by atoms with Crippen molar-refractivity contribution < 1.29 is 37.3 Å². The molecule has 0 aromatic rings. The predicted molar refractivity (Wildman–Crippen MR) is 316 cm³/mol. The molecule has 0 aromatic carbocycles. The molecule has 0 aliphatic heterocycles. The highest BCUT2D eigenvalue weighted by Gasteiger charge is 2.26. The number of quaternary nitrogens is 1. The molecule has 8 nitrogen and oxygen atoms in total. The predicted octanol–water partition coefficient (Wildman–Crippen LogP) is 19.1. The molecule has 0 saturated carbocycles. The summed E-state index contributed by atoms with van der Waals surface area (Å²) in [5.41, 5.74) is 0. The van der Waals surface area contributed by atoms with Crippen molar-refractivity contribution in [3.63, 3.8) is 0 Å². The summed E-state index contributed by atoms with van der Waals surface area (Å²) < 4.78 is 35.2. The van der Waals surface area contributed by atoms with Crippen LogP contribution in [0.3, 0.4) is 0 Å². The molecule has 420 valence electrons. The van der Waals surface area contributed by atoms with Gasteiger partial charge >= 0.3 is 13.8 Å². The minimum atomic E-state index is -4.30. The largest absolute Gasteiger partial charge is 0.472 e. The molecular formula is C64H113NO7P+. The summed E-state index contributed by atoms with van der Waals surface area (Å²) in [6, 6.07) is 0. The Kier molecular flexibility index (Phi) is 53.2. The molecule has 0 amide bonds. The van der Waals surface area contributed by atoms with Gasteiger partial charge in [-0.3, -0.25) is 13.8 Å². The maximum absolute atomic E-state index is 12.8. The molecule has 2 atom stereocenters. The van der Waals surface area contributed by atoms with E-state index in [2.05, 4.69) is 123 Å². The van der Waals surface area contributed by atoms with E-state index in [9.17, 15) is 14.3 Å². The van der Waals surface area contributed by atoms with Crippen LogP contribution in [0.2, 0.25) is 0 Å². The van der Waals surface area contributed by atoms with Crippen molar-refractivity contribution >= 4 is 13.8 Å². The maximum Gasteiger partial charge on any atom is 0.472 e. The SMILES string of the molecule is CC/C=C\C/C=C\C/C=C\C/C=C\C/C=C\C/C=C\C/C=C\CCCCCC(=O)OC(COCCCCCCCCCCCCCCCC/C=C\C/C=C\CCCCCCC)COP(=O)(O)OCC[N+](C)(C)C. The van der Waals surface area contributed by atoms with Gasteiger partial charge in [-0.2, -0.15) is 0 Å². The Bertz CT molecular complexity index is 1530. The number of esters is 1. The highest BCUT2D eigenvalue weighted by Crippen LogP contribution is 2.43. The topological polar surface area (TPSA) is 91.3 Å². The Balaban J connectivity index is 4.16.